The minimum Gasteiger partial charge on any atom is -0.343 e. The van der Waals surface area contributed by atoms with Gasteiger partial charge in [0.2, 0.25) is 5.91 Å². The molecule has 0 spiro atoms. The third kappa shape index (κ3) is 3.33. The second kappa shape index (κ2) is 6.57. The zero-order valence-corrected chi connectivity index (χ0v) is 12.2. The van der Waals surface area contributed by atoms with Crippen LogP contribution in [0.25, 0.3) is 0 Å². The van der Waals surface area contributed by atoms with E-state index >= 15 is 0 Å². The summed E-state index contributed by atoms with van der Waals surface area (Å²) in [6.07, 6.45) is 2.86. The predicted molar refractivity (Wildman–Crippen MR) is 85.2 cm³/mol. The van der Waals surface area contributed by atoms with Crippen molar-refractivity contribution in [3.63, 3.8) is 0 Å². The van der Waals surface area contributed by atoms with Crippen molar-refractivity contribution in [2.75, 3.05) is 13.1 Å². The van der Waals surface area contributed by atoms with Gasteiger partial charge in [0.05, 0.1) is 0 Å². The van der Waals surface area contributed by atoms with Crippen molar-refractivity contribution in [1.82, 2.24) is 4.90 Å². The van der Waals surface area contributed by atoms with Crippen LogP contribution in [0.1, 0.15) is 36.3 Å². The molecule has 2 aromatic carbocycles. The second-order valence-corrected chi connectivity index (χ2v) is 5.67. The third-order valence-corrected chi connectivity index (χ3v) is 4.24. The molecule has 1 aliphatic rings. The van der Waals surface area contributed by atoms with Gasteiger partial charge in [0.1, 0.15) is 0 Å². The monoisotopic (exact) mass is 279 g/mol. The Labute approximate surface area is 126 Å². The molecule has 2 aromatic rings. The van der Waals surface area contributed by atoms with Gasteiger partial charge in [-0.05, 0) is 24.0 Å². The average molecular weight is 279 g/mol. The quantitative estimate of drug-likeness (QED) is 0.833. The summed E-state index contributed by atoms with van der Waals surface area (Å²) in [6.45, 7) is 1.85. The van der Waals surface area contributed by atoms with Crippen LogP contribution in [0.3, 0.4) is 0 Å². The van der Waals surface area contributed by atoms with Gasteiger partial charge in [-0.1, -0.05) is 60.7 Å². The van der Waals surface area contributed by atoms with E-state index in [0.717, 1.165) is 25.9 Å². The number of hydrogen-bond donors (Lipinski definition) is 0. The van der Waals surface area contributed by atoms with Crippen LogP contribution in [0.15, 0.2) is 60.7 Å². The molecule has 108 valence electrons. The van der Waals surface area contributed by atoms with Crippen LogP contribution >= 0.6 is 0 Å². The Morgan fingerprint density at radius 3 is 1.81 bits per heavy atom. The van der Waals surface area contributed by atoms with E-state index in [1.165, 1.54) is 11.1 Å². The molecule has 0 N–H and O–H groups in total. The summed E-state index contributed by atoms with van der Waals surface area (Å²) in [5.74, 6) is 0.436. The molecule has 1 aliphatic heterocycles. The van der Waals surface area contributed by atoms with Crippen molar-refractivity contribution in [3.05, 3.63) is 71.8 Å². The summed E-state index contributed by atoms with van der Waals surface area (Å²) < 4.78 is 0. The number of hydrogen-bond acceptors (Lipinski definition) is 1. The summed E-state index contributed by atoms with van der Waals surface area (Å²) in [5.41, 5.74) is 2.44. The largest absolute Gasteiger partial charge is 0.343 e. The first-order valence-electron chi connectivity index (χ1n) is 7.72. The Morgan fingerprint density at radius 2 is 1.33 bits per heavy atom. The minimum atomic E-state index is 0.153. The van der Waals surface area contributed by atoms with Crippen LogP contribution in [0.5, 0.6) is 0 Å². The highest BCUT2D eigenvalue weighted by atomic mass is 16.2. The van der Waals surface area contributed by atoms with Crippen LogP contribution in [0.2, 0.25) is 0 Å². The van der Waals surface area contributed by atoms with Crippen molar-refractivity contribution >= 4 is 5.91 Å². The fourth-order valence-corrected chi connectivity index (χ4v) is 3.07. The lowest BCUT2D eigenvalue weighted by molar-refractivity contribution is -0.130. The lowest BCUT2D eigenvalue weighted by Crippen LogP contribution is -2.29. The van der Waals surface area contributed by atoms with Crippen molar-refractivity contribution in [3.8, 4) is 0 Å². The van der Waals surface area contributed by atoms with Crippen LogP contribution in [0.4, 0.5) is 0 Å². The van der Waals surface area contributed by atoms with Crippen molar-refractivity contribution in [2.45, 2.75) is 25.2 Å². The number of benzene rings is 2. The maximum Gasteiger partial charge on any atom is 0.223 e. The fraction of sp³-hybridized carbons (Fsp3) is 0.316. The number of likely N-dealkylation sites (tertiary alicyclic amines) is 1. The van der Waals surface area contributed by atoms with Crippen molar-refractivity contribution in [1.29, 1.82) is 0 Å². The first kappa shape index (κ1) is 13.9. The van der Waals surface area contributed by atoms with Gasteiger partial charge >= 0.3 is 0 Å². The molecule has 1 amide bonds. The van der Waals surface area contributed by atoms with E-state index in [4.69, 9.17) is 0 Å². The highest BCUT2D eigenvalue weighted by Gasteiger charge is 2.23. The number of amides is 1. The van der Waals surface area contributed by atoms with Gasteiger partial charge in [0, 0.05) is 25.4 Å². The summed E-state index contributed by atoms with van der Waals surface area (Å²) in [5, 5.41) is 0. The van der Waals surface area contributed by atoms with Crippen LogP contribution in [-0.2, 0) is 4.79 Å². The van der Waals surface area contributed by atoms with Crippen molar-refractivity contribution in [2.24, 2.45) is 0 Å². The van der Waals surface area contributed by atoms with Gasteiger partial charge in [-0.25, -0.2) is 0 Å². The maximum absolute atomic E-state index is 12.5. The highest BCUT2D eigenvalue weighted by molar-refractivity contribution is 5.78. The molecule has 2 heteroatoms. The van der Waals surface area contributed by atoms with E-state index in [2.05, 4.69) is 24.3 Å². The van der Waals surface area contributed by atoms with E-state index in [1.54, 1.807) is 0 Å². The topological polar surface area (TPSA) is 20.3 Å². The lowest BCUT2D eigenvalue weighted by atomic mass is 9.88. The van der Waals surface area contributed by atoms with Gasteiger partial charge in [-0.3, -0.25) is 4.79 Å². The third-order valence-electron chi connectivity index (χ3n) is 4.24. The molecule has 2 nitrogen and oxygen atoms in total. The minimum absolute atomic E-state index is 0.153. The Hall–Kier alpha value is -2.09. The smallest absolute Gasteiger partial charge is 0.223 e. The van der Waals surface area contributed by atoms with Gasteiger partial charge in [-0.15, -0.1) is 0 Å². The maximum atomic E-state index is 12.5. The molecular weight excluding hydrogens is 258 g/mol. The molecular formula is C19H21NO. The molecule has 0 bridgehead atoms. The van der Waals surface area contributed by atoms with E-state index in [-0.39, 0.29) is 11.8 Å². The summed E-state index contributed by atoms with van der Waals surface area (Å²) in [6, 6.07) is 20.7. The van der Waals surface area contributed by atoms with Gasteiger partial charge in [0.15, 0.2) is 0 Å². The first-order valence-corrected chi connectivity index (χ1v) is 7.72. The molecule has 1 saturated heterocycles. The van der Waals surface area contributed by atoms with E-state index in [9.17, 15) is 4.79 Å². The standard InChI is InChI=1S/C19H21NO/c21-19(20-13-7-8-14-20)15-18(16-9-3-1-4-10-16)17-11-5-2-6-12-17/h1-6,9-12,18H,7-8,13-15H2. The Bertz CT molecular complexity index is 534. The average Bonchev–Trinajstić information content (AvgIpc) is 3.09. The first-order chi connectivity index (χ1) is 10.3. The number of carbonyl (C=O) groups excluding carboxylic acids is 1. The number of carbonyl (C=O) groups is 1. The molecule has 3 rings (SSSR count). The Morgan fingerprint density at radius 1 is 0.857 bits per heavy atom. The Balaban J connectivity index is 1.84. The van der Waals surface area contributed by atoms with Crippen LogP contribution in [0, 0.1) is 0 Å². The molecule has 21 heavy (non-hydrogen) atoms. The zero-order valence-electron chi connectivity index (χ0n) is 12.2. The van der Waals surface area contributed by atoms with Crippen molar-refractivity contribution < 1.29 is 4.79 Å². The van der Waals surface area contributed by atoms with E-state index < -0.39 is 0 Å². The molecule has 0 radical (unpaired) electrons. The van der Waals surface area contributed by atoms with Gasteiger partial charge in [0.25, 0.3) is 0 Å². The lowest BCUT2D eigenvalue weighted by Gasteiger charge is -2.22. The molecule has 1 fully saturated rings. The second-order valence-electron chi connectivity index (χ2n) is 5.67. The van der Waals surface area contributed by atoms with E-state index in [0.29, 0.717) is 6.42 Å². The molecule has 1 heterocycles. The van der Waals surface area contributed by atoms with Crippen LogP contribution in [-0.4, -0.2) is 23.9 Å². The number of rotatable bonds is 4. The van der Waals surface area contributed by atoms with Gasteiger partial charge in [-0.2, -0.15) is 0 Å². The number of nitrogens with zero attached hydrogens (tertiary/aromatic N) is 1. The molecule has 0 unspecified atom stereocenters. The molecule has 0 aliphatic carbocycles. The zero-order chi connectivity index (χ0) is 14.5. The summed E-state index contributed by atoms with van der Waals surface area (Å²) >= 11 is 0. The van der Waals surface area contributed by atoms with Gasteiger partial charge < -0.3 is 4.90 Å². The highest BCUT2D eigenvalue weighted by Crippen LogP contribution is 2.29. The van der Waals surface area contributed by atoms with E-state index in [1.807, 2.05) is 41.3 Å². The molecule has 0 atom stereocenters. The Kier molecular flexibility index (Phi) is 4.34. The summed E-state index contributed by atoms with van der Waals surface area (Å²) in [7, 11) is 0. The molecule has 0 aromatic heterocycles. The molecule has 0 saturated carbocycles. The normalized spacial score (nSPS) is 14.6. The van der Waals surface area contributed by atoms with Crippen LogP contribution < -0.4 is 0 Å². The fourth-order valence-electron chi connectivity index (χ4n) is 3.07. The predicted octanol–water partition coefficient (Wildman–Crippen LogP) is 3.83. The summed E-state index contributed by atoms with van der Waals surface area (Å²) in [4.78, 5) is 14.5. The SMILES string of the molecule is O=C(CC(c1ccccc1)c1ccccc1)N1CCCC1.